The number of nitrogens with two attached hydrogens (primary N) is 1. The molecule has 1 aromatic carbocycles. The molecule has 1 aromatic rings. The summed E-state index contributed by atoms with van der Waals surface area (Å²) in [6, 6.07) is 10.5. The highest BCUT2D eigenvalue weighted by Crippen LogP contribution is 2.31. The molecular formula is C18H29N3O. The van der Waals surface area contributed by atoms with Crippen LogP contribution in [0.5, 0.6) is 0 Å². The van der Waals surface area contributed by atoms with Gasteiger partial charge in [0.25, 0.3) is 0 Å². The van der Waals surface area contributed by atoms with Crippen LogP contribution >= 0.6 is 0 Å². The molecule has 22 heavy (non-hydrogen) atoms. The van der Waals surface area contributed by atoms with E-state index in [1.807, 2.05) is 6.07 Å². The number of benzene rings is 1. The first-order valence-electron chi connectivity index (χ1n) is 8.23. The second-order valence-corrected chi connectivity index (χ2v) is 6.99. The normalized spacial score (nSPS) is 22.7. The van der Waals surface area contributed by atoms with E-state index in [4.69, 9.17) is 5.73 Å². The summed E-state index contributed by atoms with van der Waals surface area (Å²) in [6.07, 6.45) is 0.927. The molecule has 0 saturated carbocycles. The molecule has 4 heteroatoms. The van der Waals surface area contributed by atoms with Crippen molar-refractivity contribution in [3.05, 3.63) is 35.9 Å². The Morgan fingerprint density at radius 2 is 2.00 bits per heavy atom. The fourth-order valence-corrected chi connectivity index (χ4v) is 3.11. The van der Waals surface area contributed by atoms with Crippen molar-refractivity contribution in [3.8, 4) is 0 Å². The molecule has 0 aromatic heterocycles. The molecule has 2 rings (SSSR count). The largest absolute Gasteiger partial charge is 0.350 e. The number of amides is 1. The van der Waals surface area contributed by atoms with E-state index in [0.717, 1.165) is 19.5 Å². The zero-order chi connectivity index (χ0) is 16.2. The maximum absolute atomic E-state index is 12.2. The van der Waals surface area contributed by atoms with Gasteiger partial charge in [-0.1, -0.05) is 37.3 Å². The second-order valence-electron chi connectivity index (χ2n) is 6.99. The molecule has 1 aliphatic rings. The molecule has 1 saturated heterocycles. The molecular weight excluding hydrogens is 274 g/mol. The molecule has 0 aliphatic carbocycles. The van der Waals surface area contributed by atoms with Crippen molar-refractivity contribution < 1.29 is 4.79 Å². The monoisotopic (exact) mass is 303 g/mol. The van der Waals surface area contributed by atoms with Gasteiger partial charge in [0.15, 0.2) is 0 Å². The van der Waals surface area contributed by atoms with Gasteiger partial charge in [0.05, 0.1) is 6.54 Å². The first-order chi connectivity index (χ1) is 10.4. The predicted octanol–water partition coefficient (Wildman–Crippen LogP) is 1.97. The quantitative estimate of drug-likeness (QED) is 0.844. The Morgan fingerprint density at radius 3 is 2.59 bits per heavy atom. The van der Waals surface area contributed by atoms with Crippen LogP contribution in [0, 0.1) is 5.92 Å². The second kappa shape index (κ2) is 7.25. The molecule has 1 amide bonds. The van der Waals surface area contributed by atoms with E-state index in [1.54, 1.807) is 0 Å². The van der Waals surface area contributed by atoms with E-state index in [-0.39, 0.29) is 11.4 Å². The predicted molar refractivity (Wildman–Crippen MR) is 90.7 cm³/mol. The molecule has 2 atom stereocenters. The Morgan fingerprint density at radius 1 is 1.32 bits per heavy atom. The van der Waals surface area contributed by atoms with Gasteiger partial charge >= 0.3 is 0 Å². The third-order valence-electron chi connectivity index (χ3n) is 4.78. The summed E-state index contributed by atoms with van der Waals surface area (Å²) >= 11 is 0. The molecule has 0 unspecified atom stereocenters. The van der Waals surface area contributed by atoms with Gasteiger partial charge in [0.1, 0.15) is 0 Å². The van der Waals surface area contributed by atoms with Crippen LogP contribution < -0.4 is 11.1 Å². The summed E-state index contributed by atoms with van der Waals surface area (Å²) < 4.78 is 0. The van der Waals surface area contributed by atoms with E-state index in [1.165, 1.54) is 5.56 Å². The number of carbonyl (C=O) groups is 1. The maximum atomic E-state index is 12.2. The third kappa shape index (κ3) is 4.31. The van der Waals surface area contributed by atoms with Crippen LogP contribution in [0.15, 0.2) is 30.3 Å². The van der Waals surface area contributed by atoms with Crippen LogP contribution in [0.1, 0.15) is 38.7 Å². The molecule has 1 heterocycles. The van der Waals surface area contributed by atoms with Crippen molar-refractivity contribution in [2.75, 3.05) is 26.2 Å². The molecule has 0 spiro atoms. The van der Waals surface area contributed by atoms with Gasteiger partial charge < -0.3 is 11.1 Å². The molecule has 4 nitrogen and oxygen atoms in total. The zero-order valence-corrected chi connectivity index (χ0v) is 14.0. The minimum atomic E-state index is -0.136. The number of nitrogens with one attached hydrogen (secondary N) is 1. The Bertz CT molecular complexity index is 486. The highest BCUT2D eigenvalue weighted by Gasteiger charge is 2.34. The molecule has 1 aliphatic heterocycles. The van der Waals surface area contributed by atoms with Gasteiger partial charge in [-0.15, -0.1) is 0 Å². The van der Waals surface area contributed by atoms with Crippen LogP contribution in [0.3, 0.4) is 0 Å². The summed E-state index contributed by atoms with van der Waals surface area (Å²) in [6.45, 7) is 9.14. The lowest BCUT2D eigenvalue weighted by Gasteiger charge is -2.26. The molecule has 0 radical (unpaired) electrons. The average molecular weight is 303 g/mol. The molecule has 1 fully saturated rings. The highest BCUT2D eigenvalue weighted by atomic mass is 16.2. The van der Waals surface area contributed by atoms with Crippen LogP contribution in [0.2, 0.25) is 0 Å². The summed E-state index contributed by atoms with van der Waals surface area (Å²) in [5.41, 5.74) is 7.14. The first kappa shape index (κ1) is 17.0. The number of carbonyl (C=O) groups excluding carboxylic acids is 1. The van der Waals surface area contributed by atoms with Gasteiger partial charge in [-0.3, -0.25) is 9.69 Å². The Kier molecular flexibility index (Phi) is 5.59. The number of likely N-dealkylation sites (tertiary alicyclic amines) is 1. The Balaban J connectivity index is 1.96. The molecule has 3 N–H and O–H groups in total. The van der Waals surface area contributed by atoms with E-state index < -0.39 is 0 Å². The maximum Gasteiger partial charge on any atom is 0.234 e. The number of nitrogens with zero attached hydrogens (tertiary/aromatic N) is 1. The smallest absolute Gasteiger partial charge is 0.234 e. The van der Waals surface area contributed by atoms with Gasteiger partial charge in [-0.25, -0.2) is 0 Å². The van der Waals surface area contributed by atoms with Crippen molar-refractivity contribution >= 4 is 5.91 Å². The van der Waals surface area contributed by atoms with Gasteiger partial charge in [0.2, 0.25) is 5.91 Å². The lowest BCUT2D eigenvalue weighted by atomic mass is 9.89. The van der Waals surface area contributed by atoms with E-state index in [0.29, 0.717) is 24.9 Å². The van der Waals surface area contributed by atoms with E-state index in [9.17, 15) is 4.79 Å². The first-order valence-corrected chi connectivity index (χ1v) is 8.23. The summed E-state index contributed by atoms with van der Waals surface area (Å²) in [5.74, 6) is 0.962. The Hall–Kier alpha value is -1.39. The van der Waals surface area contributed by atoms with E-state index >= 15 is 0 Å². The lowest BCUT2D eigenvalue weighted by Crippen LogP contribution is -2.47. The van der Waals surface area contributed by atoms with Gasteiger partial charge in [-0.05, 0) is 38.3 Å². The fourth-order valence-electron chi connectivity index (χ4n) is 3.11. The zero-order valence-electron chi connectivity index (χ0n) is 14.0. The van der Waals surface area contributed by atoms with Gasteiger partial charge in [-0.2, -0.15) is 0 Å². The Labute approximate surface area is 134 Å². The number of hydrogen-bond donors (Lipinski definition) is 2. The van der Waals surface area contributed by atoms with Crippen molar-refractivity contribution in [2.45, 2.75) is 38.6 Å². The summed E-state index contributed by atoms with van der Waals surface area (Å²) in [7, 11) is 0. The summed E-state index contributed by atoms with van der Waals surface area (Å²) in [4.78, 5) is 14.5. The number of hydrogen-bond acceptors (Lipinski definition) is 3. The van der Waals surface area contributed by atoms with Crippen LogP contribution in [-0.4, -0.2) is 42.5 Å². The van der Waals surface area contributed by atoms with Crippen LogP contribution in [0.25, 0.3) is 0 Å². The fraction of sp³-hybridized carbons (Fsp3) is 0.611. The van der Waals surface area contributed by atoms with E-state index in [2.05, 4.69) is 55.3 Å². The lowest BCUT2D eigenvalue weighted by molar-refractivity contribution is -0.123. The molecule has 0 bridgehead atoms. The SMILES string of the molecule is CCC(C)(C)NC(=O)CN1C[C@@H](CN)[C@H](c2ccccc2)C1. The highest BCUT2D eigenvalue weighted by molar-refractivity contribution is 5.78. The third-order valence-corrected chi connectivity index (χ3v) is 4.78. The minimum absolute atomic E-state index is 0.108. The van der Waals surface area contributed by atoms with Crippen LogP contribution in [0.4, 0.5) is 0 Å². The number of rotatable bonds is 6. The van der Waals surface area contributed by atoms with Crippen molar-refractivity contribution in [1.29, 1.82) is 0 Å². The van der Waals surface area contributed by atoms with Crippen molar-refractivity contribution in [1.82, 2.24) is 10.2 Å². The topological polar surface area (TPSA) is 58.4 Å². The average Bonchev–Trinajstić information content (AvgIpc) is 2.90. The van der Waals surface area contributed by atoms with Gasteiger partial charge in [0, 0.05) is 24.5 Å². The van der Waals surface area contributed by atoms with Crippen molar-refractivity contribution in [2.24, 2.45) is 11.7 Å². The molecule has 122 valence electrons. The van der Waals surface area contributed by atoms with Crippen molar-refractivity contribution in [3.63, 3.8) is 0 Å². The summed E-state index contributed by atoms with van der Waals surface area (Å²) in [5, 5.41) is 3.11. The minimum Gasteiger partial charge on any atom is -0.350 e. The standard InChI is InChI=1S/C18H29N3O/c1-4-18(2,3)20-17(22)13-21-11-15(10-19)16(12-21)14-8-6-5-7-9-14/h5-9,15-16H,4,10-13,19H2,1-3H3,(H,20,22)/t15-,16+/m1/s1. The van der Waals surface area contributed by atoms with Crippen LogP contribution in [-0.2, 0) is 4.79 Å².